The normalized spacial score (nSPS) is 28.3. The average molecular weight is 392 g/mol. The summed E-state index contributed by atoms with van der Waals surface area (Å²) in [4.78, 5) is 11.4. The Labute approximate surface area is 161 Å². The minimum absolute atomic E-state index is 0.296. The van der Waals surface area contributed by atoms with Crippen molar-refractivity contribution in [2.75, 3.05) is 39.6 Å². The van der Waals surface area contributed by atoms with Crippen LogP contribution >= 0.6 is 0 Å². The lowest BCUT2D eigenvalue weighted by molar-refractivity contribution is -0.196. The first kappa shape index (κ1) is 24.2. The molecule has 0 radical (unpaired) electrons. The Hall–Kier alpha value is -0.810. The molecule has 0 aromatic heterocycles. The number of hydrogen-bond acceptors (Lipinski definition) is 8. The number of carbonyl (C=O) groups is 1. The summed E-state index contributed by atoms with van der Waals surface area (Å²) in [7, 11) is 0. The highest BCUT2D eigenvalue weighted by molar-refractivity contribution is 5.73. The summed E-state index contributed by atoms with van der Waals surface area (Å²) < 4.78 is 16.4. The van der Waals surface area contributed by atoms with Crippen molar-refractivity contribution in [3.63, 3.8) is 0 Å². The van der Waals surface area contributed by atoms with Crippen molar-refractivity contribution in [3.05, 3.63) is 0 Å². The van der Waals surface area contributed by atoms with Crippen LogP contribution in [0, 0.1) is 0 Å². The highest BCUT2D eigenvalue weighted by Gasteiger charge is 2.44. The molecule has 1 aliphatic heterocycles. The first-order valence-electron chi connectivity index (χ1n) is 9.76. The Bertz CT molecular complexity index is 400. The van der Waals surface area contributed by atoms with Gasteiger partial charge in [0.05, 0.1) is 38.6 Å². The smallest absolute Gasteiger partial charge is 0.217 e. The molecule has 1 saturated heterocycles. The van der Waals surface area contributed by atoms with Gasteiger partial charge in [-0.25, -0.2) is 0 Å². The number of unbranched alkanes of at least 4 members (excludes halogenated alkanes) is 3. The topological polar surface area (TPSA) is 144 Å². The molecule has 160 valence electrons. The second-order valence-corrected chi connectivity index (χ2v) is 6.82. The summed E-state index contributed by atoms with van der Waals surface area (Å²) in [5, 5.41) is 32.2. The van der Waals surface area contributed by atoms with Crippen LogP contribution < -0.4 is 11.1 Å². The number of amides is 1. The zero-order valence-electron chi connectivity index (χ0n) is 16.2. The largest absolute Gasteiger partial charge is 0.394 e. The zero-order chi connectivity index (χ0) is 20.1. The summed E-state index contributed by atoms with van der Waals surface area (Å²) in [6.07, 6.45) is 0.690. The molecular weight excluding hydrogens is 356 g/mol. The number of nitrogens with one attached hydrogen (secondary N) is 1. The minimum Gasteiger partial charge on any atom is -0.394 e. The van der Waals surface area contributed by atoms with Crippen LogP contribution in [-0.4, -0.2) is 91.3 Å². The Morgan fingerprint density at radius 3 is 2.30 bits per heavy atom. The summed E-state index contributed by atoms with van der Waals surface area (Å²) in [5.41, 5.74) is 5.32. The molecule has 0 aromatic carbocycles. The van der Waals surface area contributed by atoms with Crippen molar-refractivity contribution < 1.29 is 34.3 Å². The van der Waals surface area contributed by atoms with Crippen molar-refractivity contribution >= 4 is 5.91 Å². The third kappa shape index (κ3) is 9.29. The maximum Gasteiger partial charge on any atom is 0.217 e. The first-order valence-corrected chi connectivity index (χ1v) is 9.76. The van der Waals surface area contributed by atoms with E-state index in [2.05, 4.69) is 5.32 Å². The third-order valence-corrected chi connectivity index (χ3v) is 4.56. The molecule has 0 bridgehead atoms. The van der Waals surface area contributed by atoms with Crippen molar-refractivity contribution in [1.82, 2.24) is 5.32 Å². The molecule has 0 saturated carbocycles. The van der Waals surface area contributed by atoms with Gasteiger partial charge in [0.25, 0.3) is 0 Å². The van der Waals surface area contributed by atoms with Crippen LogP contribution in [0.15, 0.2) is 0 Å². The second-order valence-electron chi connectivity index (χ2n) is 6.82. The van der Waals surface area contributed by atoms with E-state index in [1.54, 1.807) is 0 Å². The Kier molecular flexibility index (Phi) is 12.8. The van der Waals surface area contributed by atoms with Gasteiger partial charge in [-0.3, -0.25) is 4.79 Å². The lowest BCUT2D eigenvalue weighted by Gasteiger charge is -2.42. The van der Waals surface area contributed by atoms with E-state index in [4.69, 9.17) is 19.9 Å². The molecule has 27 heavy (non-hydrogen) atoms. The predicted molar refractivity (Wildman–Crippen MR) is 99.1 cm³/mol. The minimum atomic E-state index is -1.23. The van der Waals surface area contributed by atoms with Crippen LogP contribution in [0.2, 0.25) is 0 Å². The van der Waals surface area contributed by atoms with Crippen LogP contribution in [0.3, 0.4) is 0 Å². The van der Waals surface area contributed by atoms with Gasteiger partial charge in [-0.1, -0.05) is 19.3 Å². The van der Waals surface area contributed by atoms with Crippen molar-refractivity contribution in [3.8, 4) is 0 Å². The Morgan fingerprint density at radius 2 is 1.67 bits per heavy atom. The van der Waals surface area contributed by atoms with E-state index < -0.39 is 30.5 Å². The monoisotopic (exact) mass is 392 g/mol. The van der Waals surface area contributed by atoms with Crippen molar-refractivity contribution in [1.29, 1.82) is 0 Å². The molecule has 0 spiro atoms. The fourth-order valence-corrected chi connectivity index (χ4v) is 3.16. The van der Waals surface area contributed by atoms with E-state index in [0.717, 1.165) is 25.7 Å². The van der Waals surface area contributed by atoms with Crippen LogP contribution in [0.5, 0.6) is 0 Å². The fourth-order valence-electron chi connectivity index (χ4n) is 3.16. The molecule has 9 heteroatoms. The SMILES string of the molecule is CC(=O)N[C@@H]1[C@@H](O)[C@@H](O)[C@@H](CO)O[C@@H]1CCCCCCOCCOCCN. The highest BCUT2D eigenvalue weighted by Crippen LogP contribution is 2.25. The van der Waals surface area contributed by atoms with E-state index in [1.807, 2.05) is 0 Å². The predicted octanol–water partition coefficient (Wildman–Crippen LogP) is -1.08. The number of rotatable bonds is 14. The number of nitrogens with two attached hydrogens (primary N) is 1. The van der Waals surface area contributed by atoms with E-state index in [0.29, 0.717) is 39.4 Å². The zero-order valence-corrected chi connectivity index (χ0v) is 16.2. The third-order valence-electron chi connectivity index (χ3n) is 4.56. The number of carbonyl (C=O) groups excluding carboxylic acids is 1. The van der Waals surface area contributed by atoms with E-state index in [-0.39, 0.29) is 12.5 Å². The molecule has 1 amide bonds. The molecule has 0 aliphatic carbocycles. The lowest BCUT2D eigenvalue weighted by Crippen LogP contribution is -2.63. The highest BCUT2D eigenvalue weighted by atomic mass is 16.5. The van der Waals surface area contributed by atoms with Gasteiger partial charge in [0.1, 0.15) is 18.3 Å². The maximum atomic E-state index is 11.4. The molecular formula is C18H36N2O7. The standard InChI is InChI=1S/C18H36N2O7/c1-13(22)20-16-14(27-15(12-21)17(23)18(16)24)6-4-2-3-5-8-25-10-11-26-9-7-19/h14-18,21,23-24H,2-12,19H2,1H3,(H,20,22)/t14-,15-,16+,17+,18-/m1/s1. The van der Waals surface area contributed by atoms with Crippen LogP contribution in [0.1, 0.15) is 39.0 Å². The quantitative estimate of drug-likeness (QED) is 0.235. The first-order chi connectivity index (χ1) is 13.0. The average Bonchev–Trinajstić information content (AvgIpc) is 2.64. The molecule has 1 rings (SSSR count). The van der Waals surface area contributed by atoms with Gasteiger partial charge >= 0.3 is 0 Å². The number of aliphatic hydroxyl groups is 3. The fraction of sp³-hybridized carbons (Fsp3) is 0.944. The summed E-state index contributed by atoms with van der Waals surface area (Å²) in [5.74, 6) is -0.296. The van der Waals surface area contributed by atoms with Gasteiger partial charge < -0.3 is 40.6 Å². The van der Waals surface area contributed by atoms with E-state index in [9.17, 15) is 20.1 Å². The van der Waals surface area contributed by atoms with Gasteiger partial charge in [0.2, 0.25) is 5.91 Å². The molecule has 1 fully saturated rings. The van der Waals surface area contributed by atoms with E-state index >= 15 is 0 Å². The van der Waals surface area contributed by atoms with Crippen LogP contribution in [-0.2, 0) is 19.0 Å². The van der Waals surface area contributed by atoms with Crippen molar-refractivity contribution in [2.24, 2.45) is 5.73 Å². The van der Waals surface area contributed by atoms with Gasteiger partial charge in [-0.15, -0.1) is 0 Å². The molecule has 1 aliphatic rings. The summed E-state index contributed by atoms with van der Waals surface area (Å²) >= 11 is 0. The Morgan fingerprint density at radius 1 is 1.00 bits per heavy atom. The lowest BCUT2D eigenvalue weighted by atomic mass is 9.90. The summed E-state index contributed by atoms with van der Waals surface area (Å²) in [6, 6.07) is -0.683. The van der Waals surface area contributed by atoms with Gasteiger partial charge in [-0.2, -0.15) is 0 Å². The number of ether oxygens (including phenoxy) is 3. The Balaban J connectivity index is 2.23. The molecule has 6 N–H and O–H groups in total. The molecule has 5 atom stereocenters. The van der Waals surface area contributed by atoms with Crippen LogP contribution in [0.25, 0.3) is 0 Å². The maximum absolute atomic E-state index is 11.4. The number of aliphatic hydroxyl groups excluding tert-OH is 3. The molecule has 0 unspecified atom stereocenters. The second kappa shape index (κ2) is 14.2. The van der Waals surface area contributed by atoms with Gasteiger partial charge in [0.15, 0.2) is 0 Å². The molecule has 9 nitrogen and oxygen atoms in total. The summed E-state index contributed by atoms with van der Waals surface area (Å²) in [6.45, 7) is 3.84. The van der Waals surface area contributed by atoms with E-state index in [1.165, 1.54) is 6.92 Å². The van der Waals surface area contributed by atoms with Gasteiger partial charge in [-0.05, 0) is 12.8 Å². The van der Waals surface area contributed by atoms with Crippen molar-refractivity contribution in [2.45, 2.75) is 69.5 Å². The molecule has 1 heterocycles. The molecule has 0 aromatic rings. The number of hydrogen-bond donors (Lipinski definition) is 5. The van der Waals surface area contributed by atoms with Crippen LogP contribution in [0.4, 0.5) is 0 Å². The van der Waals surface area contributed by atoms with Gasteiger partial charge in [0, 0.05) is 20.1 Å².